The number of aliphatic carboxylic acids is 1. The Kier molecular flexibility index (Phi) is 13.4. The van der Waals surface area contributed by atoms with Gasteiger partial charge in [-0.25, -0.2) is 0 Å². The molecule has 0 saturated heterocycles. The highest BCUT2D eigenvalue weighted by atomic mass is 16.4. The van der Waals surface area contributed by atoms with Crippen molar-refractivity contribution in [2.45, 2.75) is 96.4 Å². The summed E-state index contributed by atoms with van der Waals surface area (Å²) in [6, 6.07) is -0.156. The fourth-order valence-electron chi connectivity index (χ4n) is 2.40. The summed E-state index contributed by atoms with van der Waals surface area (Å²) in [4.78, 5) is 10.4. The smallest absolute Gasteiger partial charge is 0.304 e. The van der Waals surface area contributed by atoms with Crippen molar-refractivity contribution in [3.63, 3.8) is 0 Å². The maximum absolute atomic E-state index is 10.4. The van der Waals surface area contributed by atoms with Crippen LogP contribution in [0.1, 0.15) is 90.4 Å². The third-order valence-electron chi connectivity index (χ3n) is 3.62. The number of nitrogens with two attached hydrogens (primary N) is 1. The fourth-order valence-corrected chi connectivity index (χ4v) is 2.40. The van der Waals surface area contributed by atoms with E-state index in [0.29, 0.717) is 0 Å². The molecule has 0 rings (SSSR count). The van der Waals surface area contributed by atoms with Gasteiger partial charge in [-0.05, 0) is 6.42 Å². The highest BCUT2D eigenvalue weighted by Crippen LogP contribution is 2.12. The van der Waals surface area contributed by atoms with Crippen molar-refractivity contribution >= 4 is 5.97 Å². The summed E-state index contributed by atoms with van der Waals surface area (Å²) in [6.07, 6.45) is 15.5. The minimum Gasteiger partial charge on any atom is -0.481 e. The van der Waals surface area contributed by atoms with Gasteiger partial charge in [0.1, 0.15) is 0 Å². The zero-order valence-corrected chi connectivity index (χ0v) is 12.7. The van der Waals surface area contributed by atoms with Gasteiger partial charge in [-0.15, -0.1) is 0 Å². The van der Waals surface area contributed by atoms with E-state index in [1.54, 1.807) is 0 Å². The minimum atomic E-state index is -0.782. The van der Waals surface area contributed by atoms with Gasteiger partial charge in [0, 0.05) is 6.04 Å². The van der Waals surface area contributed by atoms with Crippen LogP contribution in [-0.2, 0) is 4.79 Å². The molecule has 0 amide bonds. The van der Waals surface area contributed by atoms with E-state index in [1.807, 2.05) is 0 Å². The first-order valence-corrected chi connectivity index (χ1v) is 8.14. The molecular formula is C16H33NO2. The van der Waals surface area contributed by atoms with Crippen molar-refractivity contribution in [3.05, 3.63) is 0 Å². The van der Waals surface area contributed by atoms with Crippen LogP contribution in [0.25, 0.3) is 0 Å². The zero-order valence-electron chi connectivity index (χ0n) is 12.7. The van der Waals surface area contributed by atoms with E-state index in [0.717, 1.165) is 12.8 Å². The van der Waals surface area contributed by atoms with Crippen molar-refractivity contribution in [1.29, 1.82) is 0 Å². The second-order valence-electron chi connectivity index (χ2n) is 5.68. The highest BCUT2D eigenvalue weighted by Gasteiger charge is 2.06. The molecule has 0 fully saturated rings. The summed E-state index contributed by atoms with van der Waals surface area (Å²) in [5, 5.41) is 8.58. The lowest BCUT2D eigenvalue weighted by Crippen LogP contribution is -2.23. The maximum Gasteiger partial charge on any atom is 0.304 e. The molecule has 0 aromatic rings. The molecule has 114 valence electrons. The Morgan fingerprint density at radius 3 is 1.74 bits per heavy atom. The molecule has 1 atom stereocenters. The molecule has 0 radical (unpaired) electrons. The molecule has 0 bridgehead atoms. The molecule has 3 heteroatoms. The molecule has 0 saturated carbocycles. The average molecular weight is 271 g/mol. The van der Waals surface area contributed by atoms with Gasteiger partial charge in [-0.1, -0.05) is 77.6 Å². The number of carboxylic acid groups (broad SMARTS) is 1. The molecule has 0 aliphatic carbocycles. The molecule has 0 unspecified atom stereocenters. The molecule has 0 aromatic carbocycles. The number of rotatable bonds is 14. The normalized spacial score (nSPS) is 12.5. The van der Waals surface area contributed by atoms with E-state index < -0.39 is 5.97 Å². The number of hydrogen-bond acceptors (Lipinski definition) is 2. The molecule has 3 nitrogen and oxygen atoms in total. The van der Waals surface area contributed by atoms with Gasteiger partial charge in [0.05, 0.1) is 6.42 Å². The van der Waals surface area contributed by atoms with Gasteiger partial charge < -0.3 is 10.8 Å². The van der Waals surface area contributed by atoms with Gasteiger partial charge in [-0.3, -0.25) is 4.79 Å². The summed E-state index contributed by atoms with van der Waals surface area (Å²) in [7, 11) is 0. The van der Waals surface area contributed by atoms with Crippen LogP contribution in [0.5, 0.6) is 0 Å². The molecular weight excluding hydrogens is 238 g/mol. The third-order valence-corrected chi connectivity index (χ3v) is 3.62. The lowest BCUT2D eigenvalue weighted by atomic mass is 10.0. The Labute approximate surface area is 119 Å². The van der Waals surface area contributed by atoms with Gasteiger partial charge in [-0.2, -0.15) is 0 Å². The first-order valence-electron chi connectivity index (χ1n) is 8.14. The first kappa shape index (κ1) is 18.4. The average Bonchev–Trinajstić information content (AvgIpc) is 2.35. The Morgan fingerprint density at radius 2 is 1.32 bits per heavy atom. The molecule has 0 spiro atoms. The van der Waals surface area contributed by atoms with Crippen molar-refractivity contribution in [2.75, 3.05) is 0 Å². The molecule has 3 N–H and O–H groups in total. The number of carboxylic acids is 1. The second-order valence-corrected chi connectivity index (χ2v) is 5.68. The number of hydrogen-bond donors (Lipinski definition) is 2. The molecule has 0 aliphatic rings. The fraction of sp³-hybridized carbons (Fsp3) is 0.938. The maximum atomic E-state index is 10.4. The van der Waals surface area contributed by atoms with Crippen LogP contribution in [0, 0.1) is 0 Å². The van der Waals surface area contributed by atoms with E-state index in [4.69, 9.17) is 10.8 Å². The Balaban J connectivity index is 3.08. The Bertz CT molecular complexity index is 207. The zero-order chi connectivity index (χ0) is 14.3. The third kappa shape index (κ3) is 15.4. The van der Waals surface area contributed by atoms with Crippen LogP contribution in [0.3, 0.4) is 0 Å². The highest BCUT2D eigenvalue weighted by molar-refractivity contribution is 5.67. The predicted molar refractivity (Wildman–Crippen MR) is 81.3 cm³/mol. The van der Waals surface area contributed by atoms with Gasteiger partial charge in [0.2, 0.25) is 0 Å². The van der Waals surface area contributed by atoms with Crippen molar-refractivity contribution in [2.24, 2.45) is 5.73 Å². The lowest BCUT2D eigenvalue weighted by molar-refractivity contribution is -0.137. The quantitative estimate of drug-likeness (QED) is 0.457. The number of carbonyl (C=O) groups is 1. The second kappa shape index (κ2) is 13.9. The van der Waals surface area contributed by atoms with Crippen molar-refractivity contribution in [3.8, 4) is 0 Å². The van der Waals surface area contributed by atoms with Gasteiger partial charge >= 0.3 is 5.97 Å². The van der Waals surface area contributed by atoms with Gasteiger partial charge in [0.25, 0.3) is 0 Å². The van der Waals surface area contributed by atoms with Crippen LogP contribution in [0.4, 0.5) is 0 Å². The van der Waals surface area contributed by atoms with Crippen molar-refractivity contribution in [1.82, 2.24) is 0 Å². The van der Waals surface area contributed by atoms with Crippen LogP contribution in [0.2, 0.25) is 0 Å². The Hall–Kier alpha value is -0.570. The van der Waals surface area contributed by atoms with E-state index >= 15 is 0 Å². The summed E-state index contributed by atoms with van der Waals surface area (Å²) in [6.45, 7) is 2.25. The lowest BCUT2D eigenvalue weighted by Gasteiger charge is -2.08. The summed E-state index contributed by atoms with van der Waals surface area (Å²) in [5.41, 5.74) is 5.71. The van der Waals surface area contributed by atoms with Gasteiger partial charge in [0.15, 0.2) is 0 Å². The molecule has 0 heterocycles. The monoisotopic (exact) mass is 271 g/mol. The van der Waals surface area contributed by atoms with Crippen LogP contribution in [0.15, 0.2) is 0 Å². The SMILES string of the molecule is CCCCCCCCCCCCC[C@H](N)CC(=O)O. The summed E-state index contributed by atoms with van der Waals surface area (Å²) < 4.78 is 0. The number of unbranched alkanes of at least 4 members (excludes halogenated alkanes) is 10. The first-order chi connectivity index (χ1) is 9.16. The molecule has 0 aliphatic heterocycles. The van der Waals surface area contributed by atoms with Crippen LogP contribution in [-0.4, -0.2) is 17.1 Å². The summed E-state index contributed by atoms with van der Waals surface area (Å²) in [5.74, 6) is -0.782. The van der Waals surface area contributed by atoms with E-state index in [2.05, 4.69) is 6.92 Å². The van der Waals surface area contributed by atoms with Crippen LogP contribution < -0.4 is 5.73 Å². The largest absolute Gasteiger partial charge is 0.481 e. The minimum absolute atomic E-state index is 0.109. The van der Waals surface area contributed by atoms with E-state index in [9.17, 15) is 4.79 Å². The molecule has 0 aromatic heterocycles. The predicted octanol–water partition coefficient (Wildman–Crippen LogP) is 4.49. The van der Waals surface area contributed by atoms with Crippen LogP contribution >= 0.6 is 0 Å². The Morgan fingerprint density at radius 1 is 0.895 bits per heavy atom. The van der Waals surface area contributed by atoms with E-state index in [1.165, 1.54) is 64.2 Å². The topological polar surface area (TPSA) is 63.3 Å². The standard InChI is InChI=1S/C16H33NO2/c1-2-3-4-5-6-7-8-9-10-11-12-13-15(17)14-16(18)19/h15H,2-14,17H2,1H3,(H,18,19)/t15-/m0/s1. The van der Waals surface area contributed by atoms with E-state index in [-0.39, 0.29) is 12.5 Å². The van der Waals surface area contributed by atoms with Crippen molar-refractivity contribution < 1.29 is 9.90 Å². The molecule has 19 heavy (non-hydrogen) atoms. The summed E-state index contributed by atoms with van der Waals surface area (Å²) >= 11 is 0.